The molecule has 2 aliphatic rings. The van der Waals surface area contributed by atoms with Crippen molar-refractivity contribution < 1.29 is 24.2 Å². The number of carbonyl (C=O) groups is 2. The lowest BCUT2D eigenvalue weighted by atomic mass is 9.94. The van der Waals surface area contributed by atoms with Crippen LogP contribution in [0.4, 0.5) is 5.13 Å². The number of nitrogens with zero attached hydrogens (tertiary/aromatic N) is 3. The molecule has 0 unspecified atom stereocenters. The Kier molecular flexibility index (Phi) is 5.57. The van der Waals surface area contributed by atoms with Crippen LogP contribution in [0, 0.1) is 6.92 Å². The van der Waals surface area contributed by atoms with Crippen LogP contribution in [0.2, 0.25) is 0 Å². The fourth-order valence-corrected chi connectivity index (χ4v) is 5.11. The number of fused-ring (bicyclic) bond motifs is 1. The Morgan fingerprint density at radius 1 is 1.24 bits per heavy atom. The number of aromatic nitrogens is 2. The molecular formula is C25H23N3O5S. The lowest BCUT2D eigenvalue weighted by Gasteiger charge is -2.23. The Morgan fingerprint density at radius 3 is 2.79 bits per heavy atom. The third-order valence-corrected chi connectivity index (χ3v) is 6.66. The lowest BCUT2D eigenvalue weighted by Crippen LogP contribution is -2.29. The van der Waals surface area contributed by atoms with Gasteiger partial charge in [0.05, 0.1) is 18.2 Å². The summed E-state index contributed by atoms with van der Waals surface area (Å²) in [5, 5.41) is 20.4. The molecular weight excluding hydrogens is 454 g/mol. The first-order valence-electron chi connectivity index (χ1n) is 11.0. The second kappa shape index (κ2) is 8.57. The predicted molar refractivity (Wildman–Crippen MR) is 127 cm³/mol. The summed E-state index contributed by atoms with van der Waals surface area (Å²) < 4.78 is 11.4. The number of aryl methyl sites for hydroxylation is 1. The Bertz CT molecular complexity index is 1330. The molecule has 3 aromatic rings. The number of carbonyl (C=O) groups excluding carboxylic acids is 2. The summed E-state index contributed by atoms with van der Waals surface area (Å²) in [5.74, 6) is -0.418. The average molecular weight is 478 g/mol. The topological polar surface area (TPSA) is 102 Å². The van der Waals surface area contributed by atoms with Crippen LogP contribution in [0.5, 0.6) is 11.5 Å². The van der Waals surface area contributed by atoms with Crippen LogP contribution in [0.1, 0.15) is 41.6 Å². The van der Waals surface area contributed by atoms with E-state index in [-0.39, 0.29) is 17.4 Å². The molecule has 2 atom stereocenters. The zero-order valence-corrected chi connectivity index (χ0v) is 19.8. The van der Waals surface area contributed by atoms with Crippen molar-refractivity contribution in [2.75, 3.05) is 11.5 Å². The quantitative estimate of drug-likeness (QED) is 0.334. The smallest absolute Gasteiger partial charge is 0.301 e. The monoisotopic (exact) mass is 477 g/mol. The zero-order chi connectivity index (χ0) is 24.0. The highest BCUT2D eigenvalue weighted by molar-refractivity contribution is 7.15. The fourth-order valence-electron chi connectivity index (χ4n) is 4.39. The van der Waals surface area contributed by atoms with E-state index in [1.54, 1.807) is 43.3 Å². The number of benzene rings is 2. The second-order valence-corrected chi connectivity index (χ2v) is 9.39. The Labute approximate surface area is 200 Å². The van der Waals surface area contributed by atoms with Crippen molar-refractivity contribution in [2.24, 2.45) is 0 Å². The molecule has 34 heavy (non-hydrogen) atoms. The van der Waals surface area contributed by atoms with Gasteiger partial charge in [-0.05, 0) is 62.2 Å². The van der Waals surface area contributed by atoms with Gasteiger partial charge in [0.1, 0.15) is 28.4 Å². The van der Waals surface area contributed by atoms with Gasteiger partial charge in [-0.25, -0.2) is 0 Å². The number of anilines is 1. The van der Waals surface area contributed by atoms with Gasteiger partial charge < -0.3 is 14.6 Å². The van der Waals surface area contributed by atoms with E-state index in [9.17, 15) is 14.7 Å². The van der Waals surface area contributed by atoms with E-state index >= 15 is 0 Å². The number of aliphatic hydroxyl groups is 1. The normalized spacial score (nSPS) is 21.0. The molecule has 1 amide bonds. The van der Waals surface area contributed by atoms with Crippen LogP contribution >= 0.6 is 11.3 Å². The van der Waals surface area contributed by atoms with Gasteiger partial charge >= 0.3 is 5.91 Å². The van der Waals surface area contributed by atoms with E-state index in [1.165, 1.54) is 16.2 Å². The maximum Gasteiger partial charge on any atom is 0.301 e. The molecule has 1 N–H and O–H groups in total. The Morgan fingerprint density at radius 2 is 2.06 bits per heavy atom. The minimum atomic E-state index is -0.879. The number of hydrogen-bond donors (Lipinski definition) is 1. The maximum atomic E-state index is 13.3. The Hall–Kier alpha value is -3.72. The van der Waals surface area contributed by atoms with Gasteiger partial charge in [-0.3, -0.25) is 14.5 Å². The minimum absolute atomic E-state index is 0.00147. The van der Waals surface area contributed by atoms with Crippen molar-refractivity contribution in [3.8, 4) is 11.5 Å². The summed E-state index contributed by atoms with van der Waals surface area (Å²) in [5.41, 5.74) is 2.02. The third kappa shape index (κ3) is 3.71. The van der Waals surface area contributed by atoms with Crippen LogP contribution in [-0.2, 0) is 16.0 Å². The van der Waals surface area contributed by atoms with Crippen molar-refractivity contribution in [1.82, 2.24) is 10.2 Å². The number of Topliss-reactive ketones (excluding diaryl/α,β-unsaturated/α-hetero) is 1. The van der Waals surface area contributed by atoms with Gasteiger partial charge in [-0.15, -0.1) is 10.2 Å². The highest BCUT2D eigenvalue weighted by atomic mass is 32.1. The van der Waals surface area contributed by atoms with Crippen molar-refractivity contribution >= 4 is 33.9 Å². The van der Waals surface area contributed by atoms with E-state index in [2.05, 4.69) is 10.2 Å². The van der Waals surface area contributed by atoms with Crippen molar-refractivity contribution in [3.05, 3.63) is 69.7 Å². The fraction of sp³-hybridized carbons (Fsp3) is 0.280. The highest BCUT2D eigenvalue weighted by Crippen LogP contribution is 2.44. The van der Waals surface area contributed by atoms with Gasteiger partial charge in [0.25, 0.3) is 5.78 Å². The molecule has 2 aliphatic heterocycles. The molecule has 2 aromatic carbocycles. The molecule has 0 aliphatic carbocycles. The summed E-state index contributed by atoms with van der Waals surface area (Å²) in [6.45, 7) is 6.09. The SMILES string of the molecule is CCOc1cccc([C@H]2C(=C(O)c3ccc4c(c3)C[C@@H](C)O4)C(=O)C(=O)N2c2nnc(C)s2)c1. The molecule has 0 bridgehead atoms. The highest BCUT2D eigenvalue weighted by Gasteiger charge is 2.48. The second-order valence-electron chi connectivity index (χ2n) is 8.23. The minimum Gasteiger partial charge on any atom is -0.507 e. The average Bonchev–Trinajstić information content (AvgIpc) is 3.48. The van der Waals surface area contributed by atoms with E-state index in [4.69, 9.17) is 9.47 Å². The van der Waals surface area contributed by atoms with Crippen LogP contribution in [0.3, 0.4) is 0 Å². The summed E-state index contributed by atoms with van der Waals surface area (Å²) in [6, 6.07) is 11.6. The van der Waals surface area contributed by atoms with Crippen molar-refractivity contribution in [1.29, 1.82) is 0 Å². The molecule has 1 fully saturated rings. The number of ketones is 1. The molecule has 3 heterocycles. The summed E-state index contributed by atoms with van der Waals surface area (Å²) in [6.07, 6.45) is 0.745. The first-order chi connectivity index (χ1) is 16.4. The largest absolute Gasteiger partial charge is 0.507 e. The molecule has 1 aromatic heterocycles. The molecule has 0 spiro atoms. The van der Waals surface area contributed by atoms with E-state index in [0.29, 0.717) is 40.0 Å². The standard InChI is InChI=1S/C25H23N3O5S/c1-4-32-18-7-5-6-15(12-18)21-20(23(30)24(31)28(21)25-27-26-14(3)34-25)22(29)16-8-9-19-17(11-16)10-13(2)33-19/h5-9,11-13,21,29H,4,10H2,1-3H3/t13-,21+/m1/s1. The zero-order valence-electron chi connectivity index (χ0n) is 18.9. The van der Waals surface area contributed by atoms with Crippen LogP contribution in [0.25, 0.3) is 5.76 Å². The van der Waals surface area contributed by atoms with Crippen molar-refractivity contribution in [2.45, 2.75) is 39.3 Å². The Balaban J connectivity index is 1.68. The van der Waals surface area contributed by atoms with Gasteiger partial charge in [0, 0.05) is 12.0 Å². The lowest BCUT2D eigenvalue weighted by molar-refractivity contribution is -0.132. The number of ether oxygens (including phenoxy) is 2. The van der Waals surface area contributed by atoms with Crippen LogP contribution in [-0.4, -0.2) is 39.7 Å². The first kappa shape index (κ1) is 22.1. The van der Waals surface area contributed by atoms with Gasteiger partial charge in [0.2, 0.25) is 5.13 Å². The van der Waals surface area contributed by atoms with E-state index in [0.717, 1.165) is 11.3 Å². The van der Waals surface area contributed by atoms with Crippen LogP contribution < -0.4 is 14.4 Å². The predicted octanol–water partition coefficient (Wildman–Crippen LogP) is 4.19. The number of aliphatic hydroxyl groups excluding tert-OH is 1. The van der Waals surface area contributed by atoms with Crippen LogP contribution in [0.15, 0.2) is 48.0 Å². The maximum absolute atomic E-state index is 13.3. The number of rotatable bonds is 5. The summed E-state index contributed by atoms with van der Waals surface area (Å²) >= 11 is 1.21. The van der Waals surface area contributed by atoms with Gasteiger partial charge in [0.15, 0.2) is 0 Å². The molecule has 5 rings (SSSR count). The molecule has 0 saturated carbocycles. The summed E-state index contributed by atoms with van der Waals surface area (Å²) in [7, 11) is 0. The van der Waals surface area contributed by atoms with Crippen molar-refractivity contribution in [3.63, 3.8) is 0 Å². The molecule has 8 nitrogen and oxygen atoms in total. The number of hydrogen-bond acceptors (Lipinski definition) is 8. The molecule has 9 heteroatoms. The van der Waals surface area contributed by atoms with E-state index in [1.807, 2.05) is 19.9 Å². The van der Waals surface area contributed by atoms with Gasteiger partial charge in [-0.2, -0.15) is 0 Å². The number of amides is 1. The molecule has 174 valence electrons. The van der Waals surface area contributed by atoms with Gasteiger partial charge in [-0.1, -0.05) is 23.5 Å². The molecule has 0 radical (unpaired) electrons. The summed E-state index contributed by atoms with van der Waals surface area (Å²) in [4.78, 5) is 27.8. The third-order valence-electron chi connectivity index (χ3n) is 5.82. The van der Waals surface area contributed by atoms with E-state index < -0.39 is 17.7 Å². The first-order valence-corrected chi connectivity index (χ1v) is 11.8. The molecule has 1 saturated heterocycles.